The molecule has 2 aromatic rings. The molecule has 27 heavy (non-hydrogen) atoms. The minimum atomic E-state index is 0. The fourth-order valence-electron chi connectivity index (χ4n) is 4.34. The number of hydrogen-bond acceptors (Lipinski definition) is 0. The molecule has 0 aliphatic heterocycles. The van der Waals surface area contributed by atoms with Crippen molar-refractivity contribution in [3.05, 3.63) is 89.0 Å². The van der Waals surface area contributed by atoms with Gasteiger partial charge in [0, 0.05) is 2.85 Å². The van der Waals surface area contributed by atoms with Crippen molar-refractivity contribution in [2.75, 3.05) is 0 Å². The molecule has 3 aliphatic rings. The number of allylic oxidation sites excluding steroid dienone is 1. The zero-order valence-corrected chi connectivity index (χ0v) is 16.9. The Kier molecular flexibility index (Phi) is 6.50. The number of hydrogen-bond donors (Lipinski definition) is 0. The van der Waals surface area contributed by atoms with Gasteiger partial charge < -0.3 is 0 Å². The molecule has 2 atom stereocenters. The Balaban J connectivity index is 0.000000252. The van der Waals surface area contributed by atoms with Crippen molar-refractivity contribution in [2.24, 2.45) is 5.92 Å². The Bertz CT molecular complexity index is 848. The maximum atomic E-state index is 3.87. The Morgan fingerprint density at radius 1 is 0.926 bits per heavy atom. The highest BCUT2D eigenvalue weighted by molar-refractivity contribution is 5.68. The molecule has 1 fully saturated rings. The average molecular weight is 361 g/mol. The summed E-state index contributed by atoms with van der Waals surface area (Å²) in [4.78, 5) is 0. The van der Waals surface area contributed by atoms with Crippen molar-refractivity contribution in [3.8, 4) is 0 Å². The van der Waals surface area contributed by atoms with E-state index >= 15 is 0 Å². The predicted molar refractivity (Wildman–Crippen MR) is 125 cm³/mol. The van der Waals surface area contributed by atoms with Crippen molar-refractivity contribution in [1.29, 1.82) is 0 Å². The van der Waals surface area contributed by atoms with E-state index in [0.717, 1.165) is 11.8 Å². The van der Waals surface area contributed by atoms with Gasteiger partial charge in [-0.2, -0.15) is 0 Å². The third-order valence-corrected chi connectivity index (χ3v) is 5.78. The average Bonchev–Trinajstić information content (AvgIpc) is 3.55. The Morgan fingerprint density at radius 2 is 1.63 bits per heavy atom. The lowest BCUT2D eigenvalue weighted by atomic mass is 9.88. The summed E-state index contributed by atoms with van der Waals surface area (Å²) in [6.07, 6.45) is 15.1. The molecular formula is C27H36. The van der Waals surface area contributed by atoms with Crippen LogP contribution in [0.2, 0.25) is 0 Å². The zero-order chi connectivity index (χ0) is 19.2. The van der Waals surface area contributed by atoms with Crippen molar-refractivity contribution >= 4 is 18.2 Å². The minimum absolute atomic E-state index is 0. The SMILES string of the molecule is C=Cc1cccc2c1C1CC1C=C2.C=Cc1cccc2c1CCCC2.CC.[HH].[HH]. The van der Waals surface area contributed by atoms with Crippen LogP contribution in [0.3, 0.4) is 0 Å². The Morgan fingerprint density at radius 3 is 2.41 bits per heavy atom. The van der Waals surface area contributed by atoms with Gasteiger partial charge in [-0.3, -0.25) is 0 Å². The highest BCUT2D eigenvalue weighted by Crippen LogP contribution is 2.53. The van der Waals surface area contributed by atoms with Gasteiger partial charge in [0.05, 0.1) is 0 Å². The van der Waals surface area contributed by atoms with Gasteiger partial charge in [0.25, 0.3) is 0 Å². The molecular weight excluding hydrogens is 324 g/mol. The third kappa shape index (κ3) is 4.16. The molecule has 0 nitrogen and oxygen atoms in total. The standard InChI is InChI=1S/C13H12.C12H14.C2H6.2H2/c1-2-9-4-3-5-10-6-7-11-8-12(11)13(9)10;1-2-10-7-5-8-11-6-3-4-9-12(10)11;1-2;;/h2-7,11-12H,1,8H2;2,5,7-8H,1,3-4,6,9H2;1-2H3;2*1H. The van der Waals surface area contributed by atoms with Crippen LogP contribution in [0.1, 0.15) is 75.3 Å². The molecule has 3 aliphatic carbocycles. The lowest BCUT2D eigenvalue weighted by Crippen LogP contribution is -2.03. The smallest absolute Gasteiger partial charge is 0 e. The Hall–Kier alpha value is -2.34. The molecule has 0 N–H and O–H groups in total. The van der Waals surface area contributed by atoms with Gasteiger partial charge >= 0.3 is 0 Å². The van der Waals surface area contributed by atoms with E-state index in [1.807, 2.05) is 26.0 Å². The molecule has 144 valence electrons. The first-order valence-electron chi connectivity index (χ1n) is 10.5. The van der Waals surface area contributed by atoms with Crippen molar-refractivity contribution < 1.29 is 2.85 Å². The number of fused-ring (bicyclic) bond motifs is 4. The quantitative estimate of drug-likeness (QED) is 0.506. The fraction of sp³-hybridized carbons (Fsp3) is 0.333. The summed E-state index contributed by atoms with van der Waals surface area (Å²) in [7, 11) is 0. The molecule has 0 saturated heterocycles. The lowest BCUT2D eigenvalue weighted by molar-refractivity contribution is 0.684. The second-order valence-electron chi connectivity index (χ2n) is 7.32. The van der Waals surface area contributed by atoms with Crippen LogP contribution in [0.4, 0.5) is 0 Å². The first-order chi connectivity index (χ1) is 13.3. The highest BCUT2D eigenvalue weighted by atomic mass is 14.4. The first-order valence-corrected chi connectivity index (χ1v) is 10.5. The van der Waals surface area contributed by atoms with Crippen LogP contribution in [-0.2, 0) is 12.8 Å². The summed E-state index contributed by atoms with van der Waals surface area (Å²) in [6, 6.07) is 13.0. The van der Waals surface area contributed by atoms with E-state index in [-0.39, 0.29) is 2.85 Å². The lowest BCUT2D eigenvalue weighted by Gasteiger charge is -2.17. The van der Waals surface area contributed by atoms with Crippen LogP contribution in [0.15, 0.2) is 55.6 Å². The van der Waals surface area contributed by atoms with E-state index in [9.17, 15) is 0 Å². The highest BCUT2D eigenvalue weighted by Gasteiger charge is 2.40. The van der Waals surface area contributed by atoms with Gasteiger partial charge in [-0.05, 0) is 77.3 Å². The maximum Gasteiger partial charge on any atom is 0 e. The van der Waals surface area contributed by atoms with Gasteiger partial charge in [0.15, 0.2) is 0 Å². The molecule has 0 spiro atoms. The molecule has 0 bridgehead atoms. The molecule has 2 unspecified atom stereocenters. The summed E-state index contributed by atoms with van der Waals surface area (Å²) in [5.41, 5.74) is 8.68. The van der Waals surface area contributed by atoms with E-state index in [1.54, 1.807) is 11.1 Å². The zero-order valence-electron chi connectivity index (χ0n) is 16.9. The normalized spacial score (nSPS) is 20.4. The van der Waals surface area contributed by atoms with E-state index in [4.69, 9.17) is 0 Å². The van der Waals surface area contributed by atoms with Crippen molar-refractivity contribution in [2.45, 2.75) is 51.9 Å². The first kappa shape index (κ1) is 19.4. The van der Waals surface area contributed by atoms with Crippen LogP contribution in [0.25, 0.3) is 18.2 Å². The van der Waals surface area contributed by atoms with Gasteiger partial charge in [0.1, 0.15) is 0 Å². The van der Waals surface area contributed by atoms with Gasteiger partial charge in [-0.25, -0.2) is 0 Å². The summed E-state index contributed by atoms with van der Waals surface area (Å²) in [6.45, 7) is 11.7. The molecule has 0 radical (unpaired) electrons. The molecule has 1 saturated carbocycles. The fourth-order valence-corrected chi connectivity index (χ4v) is 4.34. The Labute approximate surface area is 168 Å². The van der Waals surface area contributed by atoms with Crippen molar-refractivity contribution in [3.63, 3.8) is 0 Å². The monoisotopic (exact) mass is 360 g/mol. The molecule has 0 heterocycles. The van der Waals surface area contributed by atoms with Crippen LogP contribution >= 0.6 is 0 Å². The van der Waals surface area contributed by atoms with Crippen LogP contribution < -0.4 is 0 Å². The van der Waals surface area contributed by atoms with Crippen LogP contribution in [0.5, 0.6) is 0 Å². The second-order valence-corrected chi connectivity index (χ2v) is 7.32. The second kappa shape index (κ2) is 9.04. The third-order valence-electron chi connectivity index (χ3n) is 5.78. The predicted octanol–water partition coefficient (Wildman–Crippen LogP) is 8.19. The number of rotatable bonds is 2. The molecule has 2 aromatic carbocycles. The molecule has 0 heteroatoms. The number of benzene rings is 2. The molecule has 5 rings (SSSR count). The molecule has 0 amide bonds. The van der Waals surface area contributed by atoms with E-state index in [0.29, 0.717) is 0 Å². The van der Waals surface area contributed by atoms with E-state index in [1.165, 1.54) is 54.4 Å². The largest absolute Gasteiger partial charge is 0.0985 e. The van der Waals surface area contributed by atoms with Gasteiger partial charge in [0.2, 0.25) is 0 Å². The summed E-state index contributed by atoms with van der Waals surface area (Å²) >= 11 is 0. The van der Waals surface area contributed by atoms with E-state index < -0.39 is 0 Å². The minimum Gasteiger partial charge on any atom is -0.0985 e. The van der Waals surface area contributed by atoms with Gasteiger partial charge in [-0.15, -0.1) is 0 Å². The maximum absolute atomic E-state index is 3.87. The van der Waals surface area contributed by atoms with Crippen molar-refractivity contribution in [1.82, 2.24) is 0 Å². The topological polar surface area (TPSA) is 0 Å². The van der Waals surface area contributed by atoms with Crippen LogP contribution in [0, 0.1) is 5.92 Å². The summed E-state index contributed by atoms with van der Waals surface area (Å²) in [5, 5.41) is 0. The molecule has 0 aromatic heterocycles. The number of aryl methyl sites for hydroxylation is 1. The van der Waals surface area contributed by atoms with Gasteiger partial charge in [-0.1, -0.05) is 87.7 Å². The van der Waals surface area contributed by atoms with E-state index in [2.05, 4.69) is 61.7 Å². The summed E-state index contributed by atoms with van der Waals surface area (Å²) in [5.74, 6) is 1.63. The van der Waals surface area contributed by atoms with Crippen LogP contribution in [-0.4, -0.2) is 0 Å². The summed E-state index contributed by atoms with van der Waals surface area (Å²) < 4.78 is 0.